The Morgan fingerprint density at radius 3 is 2.94 bits per heavy atom. The van der Waals surface area contributed by atoms with Crippen LogP contribution in [0.1, 0.15) is 31.5 Å². The van der Waals surface area contributed by atoms with E-state index in [9.17, 15) is 0 Å². The van der Waals surface area contributed by atoms with Crippen molar-refractivity contribution in [3.8, 4) is 0 Å². The van der Waals surface area contributed by atoms with E-state index < -0.39 is 0 Å². The fraction of sp³-hybridized carbons (Fsp3) is 0.500. The number of nitrogens with zero attached hydrogens (tertiary/aromatic N) is 3. The molecular weight excluding hydrogens is 216 g/mol. The Labute approximate surface area is 102 Å². The molecule has 1 heterocycles. The molecule has 3 N–H and O–H groups in total. The van der Waals surface area contributed by atoms with Gasteiger partial charge < -0.3 is 10.9 Å². The lowest BCUT2D eigenvalue weighted by atomic mass is 10.1. The highest BCUT2D eigenvalue weighted by atomic mass is 16.4. The van der Waals surface area contributed by atoms with Gasteiger partial charge in [-0.3, -0.25) is 9.88 Å². The van der Waals surface area contributed by atoms with Crippen LogP contribution < -0.4 is 5.73 Å². The van der Waals surface area contributed by atoms with Crippen LogP contribution in [0.3, 0.4) is 0 Å². The van der Waals surface area contributed by atoms with Gasteiger partial charge >= 0.3 is 0 Å². The van der Waals surface area contributed by atoms with Gasteiger partial charge in [0.2, 0.25) is 0 Å². The SMILES string of the molecule is CCC(C)N(C)Cc1ccnc(C(N)=NO)c1. The first-order valence-electron chi connectivity index (χ1n) is 5.71. The maximum absolute atomic E-state index is 8.60. The van der Waals surface area contributed by atoms with Crippen LogP contribution in [0.15, 0.2) is 23.5 Å². The minimum atomic E-state index is 0.0399. The van der Waals surface area contributed by atoms with Crippen molar-refractivity contribution in [1.29, 1.82) is 0 Å². The van der Waals surface area contributed by atoms with Crippen molar-refractivity contribution >= 4 is 5.84 Å². The second-order valence-electron chi connectivity index (χ2n) is 4.21. The van der Waals surface area contributed by atoms with Gasteiger partial charge in [-0.05, 0) is 38.1 Å². The molecular formula is C12H20N4O. The standard InChI is InChI=1S/C12H20N4O/c1-4-9(2)16(3)8-10-5-6-14-11(7-10)12(13)15-17/h5-7,9,17H,4,8H2,1-3H3,(H2,13,15). The summed E-state index contributed by atoms with van der Waals surface area (Å²) in [4.78, 5) is 6.30. The van der Waals surface area contributed by atoms with E-state index in [1.165, 1.54) is 0 Å². The molecule has 1 unspecified atom stereocenters. The zero-order valence-electron chi connectivity index (χ0n) is 10.6. The van der Waals surface area contributed by atoms with Gasteiger partial charge in [-0.1, -0.05) is 12.1 Å². The summed E-state index contributed by atoms with van der Waals surface area (Å²) in [5.41, 5.74) is 7.11. The van der Waals surface area contributed by atoms with Crippen LogP contribution in [0.25, 0.3) is 0 Å². The van der Waals surface area contributed by atoms with Crippen molar-refractivity contribution < 1.29 is 5.21 Å². The first-order valence-corrected chi connectivity index (χ1v) is 5.71. The fourth-order valence-electron chi connectivity index (χ4n) is 1.52. The molecule has 1 atom stereocenters. The number of rotatable bonds is 5. The van der Waals surface area contributed by atoms with Crippen LogP contribution in [0.2, 0.25) is 0 Å². The number of hydrogen-bond donors (Lipinski definition) is 2. The van der Waals surface area contributed by atoms with Crippen LogP contribution in [-0.4, -0.2) is 34.0 Å². The van der Waals surface area contributed by atoms with Gasteiger partial charge in [0.25, 0.3) is 0 Å². The highest BCUT2D eigenvalue weighted by Crippen LogP contribution is 2.09. The summed E-state index contributed by atoms with van der Waals surface area (Å²) >= 11 is 0. The zero-order valence-corrected chi connectivity index (χ0v) is 10.6. The van der Waals surface area contributed by atoms with Crippen LogP contribution in [-0.2, 0) is 6.54 Å². The third-order valence-electron chi connectivity index (χ3n) is 2.97. The molecule has 0 spiro atoms. The first-order chi connectivity index (χ1) is 8.08. The van der Waals surface area contributed by atoms with E-state index in [1.807, 2.05) is 12.1 Å². The third-order valence-corrected chi connectivity index (χ3v) is 2.97. The van der Waals surface area contributed by atoms with E-state index in [2.05, 4.69) is 35.9 Å². The minimum absolute atomic E-state index is 0.0399. The Kier molecular flexibility index (Phi) is 4.90. The summed E-state index contributed by atoms with van der Waals surface area (Å²) in [6, 6.07) is 4.30. The van der Waals surface area contributed by atoms with Gasteiger partial charge in [-0.25, -0.2) is 0 Å². The van der Waals surface area contributed by atoms with Crippen molar-refractivity contribution in [2.24, 2.45) is 10.9 Å². The van der Waals surface area contributed by atoms with Crippen molar-refractivity contribution in [3.63, 3.8) is 0 Å². The summed E-state index contributed by atoms with van der Waals surface area (Å²) in [5, 5.41) is 11.5. The lowest BCUT2D eigenvalue weighted by Gasteiger charge is -2.23. The van der Waals surface area contributed by atoms with Crippen LogP contribution in [0.5, 0.6) is 0 Å². The van der Waals surface area contributed by atoms with Crippen molar-refractivity contribution in [1.82, 2.24) is 9.88 Å². The smallest absolute Gasteiger partial charge is 0.188 e. The fourth-order valence-corrected chi connectivity index (χ4v) is 1.52. The molecule has 0 aliphatic rings. The Morgan fingerprint density at radius 2 is 2.35 bits per heavy atom. The predicted molar refractivity (Wildman–Crippen MR) is 68.0 cm³/mol. The van der Waals surface area contributed by atoms with E-state index in [0.29, 0.717) is 11.7 Å². The number of hydrogen-bond acceptors (Lipinski definition) is 4. The Bertz CT molecular complexity index is 392. The van der Waals surface area contributed by atoms with E-state index in [1.54, 1.807) is 6.20 Å². The van der Waals surface area contributed by atoms with Crippen molar-refractivity contribution in [3.05, 3.63) is 29.6 Å². The van der Waals surface area contributed by atoms with Gasteiger partial charge in [0.15, 0.2) is 5.84 Å². The van der Waals surface area contributed by atoms with Crippen LogP contribution in [0.4, 0.5) is 0 Å². The molecule has 0 amide bonds. The molecule has 0 saturated heterocycles. The lowest BCUT2D eigenvalue weighted by Crippen LogP contribution is -2.28. The summed E-state index contributed by atoms with van der Waals surface area (Å²) in [6.45, 7) is 5.17. The average molecular weight is 236 g/mol. The van der Waals surface area contributed by atoms with Gasteiger partial charge in [0.1, 0.15) is 5.69 Å². The molecule has 0 aliphatic carbocycles. The summed E-state index contributed by atoms with van der Waals surface area (Å²) < 4.78 is 0. The summed E-state index contributed by atoms with van der Waals surface area (Å²) in [5.74, 6) is 0.0399. The topological polar surface area (TPSA) is 74.7 Å². The number of oxime groups is 1. The molecule has 0 aromatic carbocycles. The Hall–Kier alpha value is -1.62. The molecule has 0 radical (unpaired) electrons. The number of aromatic nitrogens is 1. The van der Waals surface area contributed by atoms with Gasteiger partial charge in [0.05, 0.1) is 0 Å². The molecule has 0 saturated carbocycles. The second kappa shape index (κ2) is 6.20. The maximum atomic E-state index is 8.60. The number of pyridine rings is 1. The molecule has 94 valence electrons. The average Bonchev–Trinajstić information content (AvgIpc) is 2.37. The van der Waals surface area contributed by atoms with Gasteiger partial charge in [-0.2, -0.15) is 0 Å². The van der Waals surface area contributed by atoms with Gasteiger partial charge in [0, 0.05) is 18.8 Å². The molecule has 17 heavy (non-hydrogen) atoms. The molecule has 0 fully saturated rings. The second-order valence-corrected chi connectivity index (χ2v) is 4.21. The highest BCUT2D eigenvalue weighted by Gasteiger charge is 2.08. The molecule has 1 rings (SSSR count). The normalized spacial score (nSPS) is 14.0. The highest BCUT2D eigenvalue weighted by molar-refractivity contribution is 5.95. The maximum Gasteiger partial charge on any atom is 0.188 e. The largest absolute Gasteiger partial charge is 0.409 e. The molecule has 5 nitrogen and oxygen atoms in total. The molecule has 5 heteroatoms. The predicted octanol–water partition coefficient (Wildman–Crippen LogP) is 1.41. The van der Waals surface area contributed by atoms with Crippen LogP contribution >= 0.6 is 0 Å². The van der Waals surface area contributed by atoms with E-state index in [0.717, 1.165) is 18.5 Å². The molecule has 0 aliphatic heterocycles. The van der Waals surface area contributed by atoms with E-state index >= 15 is 0 Å². The molecule has 0 bridgehead atoms. The Balaban J connectivity index is 2.79. The van der Waals surface area contributed by atoms with Crippen molar-refractivity contribution in [2.45, 2.75) is 32.9 Å². The number of amidine groups is 1. The van der Waals surface area contributed by atoms with E-state index in [-0.39, 0.29) is 5.84 Å². The van der Waals surface area contributed by atoms with Crippen molar-refractivity contribution in [2.75, 3.05) is 7.05 Å². The molecule has 1 aromatic rings. The zero-order chi connectivity index (χ0) is 12.8. The van der Waals surface area contributed by atoms with E-state index in [4.69, 9.17) is 10.9 Å². The monoisotopic (exact) mass is 236 g/mol. The van der Waals surface area contributed by atoms with Gasteiger partial charge in [-0.15, -0.1) is 0 Å². The molecule has 1 aromatic heterocycles. The number of nitrogens with two attached hydrogens (primary N) is 1. The first kappa shape index (κ1) is 13.4. The Morgan fingerprint density at radius 1 is 1.65 bits per heavy atom. The summed E-state index contributed by atoms with van der Waals surface area (Å²) in [6.07, 6.45) is 2.78. The quantitative estimate of drug-likeness (QED) is 0.351. The third kappa shape index (κ3) is 3.71. The minimum Gasteiger partial charge on any atom is -0.409 e. The van der Waals surface area contributed by atoms with Crippen LogP contribution in [0, 0.1) is 0 Å². The lowest BCUT2D eigenvalue weighted by molar-refractivity contribution is 0.244. The summed E-state index contributed by atoms with van der Waals surface area (Å²) in [7, 11) is 2.08.